The number of anilines is 1. The van der Waals surface area contributed by atoms with Crippen LogP contribution in [0, 0.1) is 0 Å². The van der Waals surface area contributed by atoms with E-state index in [4.69, 9.17) is 15.0 Å². The van der Waals surface area contributed by atoms with E-state index in [0.29, 0.717) is 24.1 Å². The summed E-state index contributed by atoms with van der Waals surface area (Å²) < 4.78 is 24.3. The molecule has 2 rings (SSSR count). The number of hydrogen-bond donors (Lipinski definition) is 2. The predicted octanol–water partition coefficient (Wildman–Crippen LogP) is 6.76. The fourth-order valence-electron chi connectivity index (χ4n) is 4.46. The number of aromatic nitrogens is 4. The van der Waals surface area contributed by atoms with Crippen LogP contribution in [0.5, 0.6) is 0 Å². The Hall–Kier alpha value is -2.03. The second kappa shape index (κ2) is 18.3. The largest absolute Gasteiger partial charge is 0.404 e. The zero-order valence-corrected chi connectivity index (χ0v) is 24.2. The van der Waals surface area contributed by atoms with E-state index in [1.54, 1.807) is 17.8 Å². The number of nitrogens with two attached hydrogens (primary N) is 1. The molecule has 11 heteroatoms. The lowest BCUT2D eigenvalue weighted by Gasteiger charge is -2.17. The van der Waals surface area contributed by atoms with Crippen molar-refractivity contribution in [3.05, 3.63) is 12.7 Å². The number of rotatable bonds is 22. The summed E-state index contributed by atoms with van der Waals surface area (Å²) in [6, 6.07) is 0. The summed E-state index contributed by atoms with van der Waals surface area (Å²) in [5.74, 6) is -0.377. The van der Waals surface area contributed by atoms with Crippen molar-refractivity contribution in [2.75, 3.05) is 12.1 Å². The third-order valence-electron chi connectivity index (χ3n) is 6.63. The molecule has 0 radical (unpaired) electrons. The Morgan fingerprint density at radius 3 is 2.08 bits per heavy atom. The smallest absolute Gasteiger partial charge is 0.390 e. The fourth-order valence-corrected chi connectivity index (χ4v) is 5.36. The first-order valence-corrected chi connectivity index (χ1v) is 16.2. The topological polar surface area (TPSA) is 142 Å². The normalized spacial score (nSPS) is 14.0. The van der Waals surface area contributed by atoms with Gasteiger partial charge in [0.2, 0.25) is 0 Å². The number of unbranched alkanes of at least 4 members (excludes halogenated alkanes) is 14. The number of ether oxygens (including phenoxy) is 1. The molecule has 38 heavy (non-hydrogen) atoms. The van der Waals surface area contributed by atoms with Gasteiger partial charge in [-0.1, -0.05) is 96.8 Å². The van der Waals surface area contributed by atoms with E-state index in [0.717, 1.165) is 12.8 Å². The minimum atomic E-state index is -4.18. The van der Waals surface area contributed by atoms with E-state index in [1.807, 2.05) is 0 Å². The van der Waals surface area contributed by atoms with Crippen LogP contribution in [0.2, 0.25) is 0 Å². The summed E-state index contributed by atoms with van der Waals surface area (Å²) in [6.45, 7) is 4.33. The fraction of sp³-hybridized carbons (Fsp3) is 0.778. The molecule has 0 fully saturated rings. The molecular formula is C27H48N5O5P. The minimum absolute atomic E-state index is 0.139. The molecule has 0 aliphatic rings. The van der Waals surface area contributed by atoms with Gasteiger partial charge in [0.05, 0.1) is 19.0 Å². The van der Waals surface area contributed by atoms with Gasteiger partial charge in [-0.3, -0.25) is 4.79 Å². The molecule has 0 aromatic carbocycles. The first-order valence-electron chi connectivity index (χ1n) is 14.4. The lowest BCUT2D eigenvalue weighted by molar-refractivity contribution is -0.135. The van der Waals surface area contributed by atoms with Crippen LogP contribution in [0.3, 0.4) is 0 Å². The van der Waals surface area contributed by atoms with E-state index >= 15 is 0 Å². The number of carbonyl (C=O) groups excluding carboxylic acids is 1. The van der Waals surface area contributed by atoms with Crippen LogP contribution in [0.4, 0.5) is 5.82 Å². The molecule has 0 spiro atoms. The molecule has 10 nitrogen and oxygen atoms in total. The Morgan fingerprint density at radius 1 is 0.947 bits per heavy atom. The molecule has 2 unspecified atom stereocenters. The second-order valence-electron chi connectivity index (χ2n) is 10.2. The number of fused-ring (bicyclic) bond motifs is 1. The van der Waals surface area contributed by atoms with Crippen LogP contribution in [-0.2, 0) is 25.2 Å². The van der Waals surface area contributed by atoms with E-state index in [-0.39, 0.29) is 12.2 Å². The molecular weight excluding hydrogens is 505 g/mol. The highest BCUT2D eigenvalue weighted by molar-refractivity contribution is 7.53. The lowest BCUT2D eigenvalue weighted by Crippen LogP contribution is -2.18. The first kappa shape index (κ1) is 32.2. The molecule has 0 aliphatic heterocycles. The number of nitrogen functional groups attached to an aromatic ring is 1. The standard InChI is InChI=1S/C27H48N5O5P/c1-3-4-5-6-7-8-9-10-11-12-13-14-15-16-17-18-24(33)37-38(34,35)22-36-23(2)19-32-21-31-25-26(28)29-20-30-27(25)32/h20-21,23H,3-19,22H2,1-2H3,(H,34,35)(H2,28,29,30). The van der Waals surface area contributed by atoms with Gasteiger partial charge in [0, 0.05) is 6.42 Å². The monoisotopic (exact) mass is 553 g/mol. The molecule has 0 bridgehead atoms. The molecule has 3 N–H and O–H groups in total. The van der Waals surface area contributed by atoms with Crippen LogP contribution < -0.4 is 5.73 Å². The van der Waals surface area contributed by atoms with Gasteiger partial charge in [-0.15, -0.1) is 0 Å². The Labute approximate surface area is 227 Å². The van der Waals surface area contributed by atoms with E-state index in [9.17, 15) is 14.3 Å². The molecule has 0 aliphatic carbocycles. The van der Waals surface area contributed by atoms with Crippen molar-refractivity contribution in [2.24, 2.45) is 0 Å². The Bertz CT molecular complexity index is 986. The van der Waals surface area contributed by atoms with Crippen LogP contribution in [-0.4, -0.2) is 42.8 Å². The van der Waals surface area contributed by atoms with Crippen LogP contribution >= 0.6 is 7.60 Å². The quantitative estimate of drug-likeness (QED) is 0.119. The van der Waals surface area contributed by atoms with Gasteiger partial charge in [-0.2, -0.15) is 0 Å². The van der Waals surface area contributed by atoms with Gasteiger partial charge in [-0.05, 0) is 13.3 Å². The summed E-state index contributed by atoms with van der Waals surface area (Å²) in [5, 5.41) is 0. The average molecular weight is 554 g/mol. The summed E-state index contributed by atoms with van der Waals surface area (Å²) in [6.07, 6.45) is 20.6. The van der Waals surface area contributed by atoms with Crippen molar-refractivity contribution in [1.29, 1.82) is 0 Å². The third kappa shape index (κ3) is 13.2. The summed E-state index contributed by atoms with van der Waals surface area (Å²) >= 11 is 0. The predicted molar refractivity (Wildman–Crippen MR) is 151 cm³/mol. The van der Waals surface area contributed by atoms with Gasteiger partial charge in [0.15, 0.2) is 17.8 Å². The van der Waals surface area contributed by atoms with Crippen LogP contribution in [0.1, 0.15) is 117 Å². The molecule has 0 saturated heterocycles. The number of carbonyl (C=O) groups is 1. The van der Waals surface area contributed by atoms with Crippen molar-refractivity contribution in [1.82, 2.24) is 19.5 Å². The lowest BCUT2D eigenvalue weighted by atomic mass is 10.0. The molecule has 2 heterocycles. The second-order valence-corrected chi connectivity index (χ2v) is 12.0. The Morgan fingerprint density at radius 2 is 1.50 bits per heavy atom. The summed E-state index contributed by atoms with van der Waals surface area (Å²) in [7, 11) is -4.18. The van der Waals surface area contributed by atoms with Crippen molar-refractivity contribution in [2.45, 2.75) is 129 Å². The molecule has 216 valence electrons. The SMILES string of the molecule is CCCCCCCCCCCCCCCCCC(=O)OP(=O)(O)COC(C)Cn1cnc2c(N)ncnc21. The van der Waals surface area contributed by atoms with Gasteiger partial charge in [-0.25, -0.2) is 19.5 Å². The number of nitrogens with zero attached hydrogens (tertiary/aromatic N) is 4. The molecule has 2 atom stereocenters. The van der Waals surface area contributed by atoms with E-state index < -0.39 is 26.0 Å². The summed E-state index contributed by atoms with van der Waals surface area (Å²) in [4.78, 5) is 34.3. The van der Waals surface area contributed by atoms with Crippen molar-refractivity contribution < 1.29 is 23.5 Å². The number of imidazole rings is 1. The average Bonchev–Trinajstić information content (AvgIpc) is 3.29. The molecule has 2 aromatic rings. The third-order valence-corrected chi connectivity index (χ3v) is 7.60. The summed E-state index contributed by atoms with van der Waals surface area (Å²) in [5.41, 5.74) is 6.83. The van der Waals surface area contributed by atoms with E-state index in [1.165, 1.54) is 83.4 Å². The molecule has 0 saturated carbocycles. The van der Waals surface area contributed by atoms with E-state index in [2.05, 4.69) is 21.9 Å². The van der Waals surface area contributed by atoms with Gasteiger partial charge < -0.3 is 24.5 Å². The van der Waals surface area contributed by atoms with Crippen molar-refractivity contribution >= 4 is 30.5 Å². The number of hydrogen-bond acceptors (Lipinski definition) is 8. The molecule has 0 amide bonds. The first-order chi connectivity index (χ1) is 18.3. The Kier molecular flexibility index (Phi) is 15.5. The maximum atomic E-state index is 12.3. The highest BCUT2D eigenvalue weighted by atomic mass is 31.2. The highest BCUT2D eigenvalue weighted by Gasteiger charge is 2.25. The van der Waals surface area contributed by atoms with Crippen molar-refractivity contribution in [3.8, 4) is 0 Å². The van der Waals surface area contributed by atoms with Crippen LogP contribution in [0.25, 0.3) is 11.2 Å². The molecule has 2 aromatic heterocycles. The van der Waals surface area contributed by atoms with Crippen LogP contribution in [0.15, 0.2) is 12.7 Å². The van der Waals surface area contributed by atoms with Gasteiger partial charge in [0.25, 0.3) is 0 Å². The zero-order chi connectivity index (χ0) is 27.6. The Balaban J connectivity index is 1.47. The van der Waals surface area contributed by atoms with Gasteiger partial charge >= 0.3 is 13.6 Å². The minimum Gasteiger partial charge on any atom is -0.390 e. The zero-order valence-electron chi connectivity index (χ0n) is 23.4. The maximum Gasteiger partial charge on any atom is 0.404 e. The van der Waals surface area contributed by atoms with Gasteiger partial charge in [0.1, 0.15) is 11.8 Å². The maximum absolute atomic E-state index is 12.3. The highest BCUT2D eigenvalue weighted by Crippen LogP contribution is 2.42. The van der Waals surface area contributed by atoms with Crippen molar-refractivity contribution in [3.63, 3.8) is 0 Å².